The Bertz CT molecular complexity index is 1500. The van der Waals surface area contributed by atoms with Gasteiger partial charge in [-0.25, -0.2) is 4.79 Å². The summed E-state index contributed by atoms with van der Waals surface area (Å²) in [6, 6.07) is 11.3. The second kappa shape index (κ2) is 14.5. The fourth-order valence-corrected chi connectivity index (χ4v) is 5.94. The van der Waals surface area contributed by atoms with Crippen molar-refractivity contribution in [3.8, 4) is 29.3 Å². The molecule has 1 saturated heterocycles. The fourth-order valence-electron chi connectivity index (χ4n) is 4.79. The molecule has 0 radical (unpaired) electrons. The Morgan fingerprint density at radius 1 is 1.19 bits per heavy atom. The molecule has 2 aromatic heterocycles. The molecule has 1 aromatic carbocycles. The Kier molecular flexibility index (Phi) is 10.1. The maximum Gasteiger partial charge on any atom is 0.408 e. The molecular weight excluding hydrogens is 550 g/mol. The summed E-state index contributed by atoms with van der Waals surface area (Å²) in [4.78, 5) is 18.6. The molecule has 0 bridgehead atoms. The molecule has 1 amide bonds. The number of alkyl carbamates (subject to hydrolysis) is 1. The van der Waals surface area contributed by atoms with Crippen LogP contribution in [-0.2, 0) is 11.3 Å². The van der Waals surface area contributed by atoms with Gasteiger partial charge in [0, 0.05) is 23.1 Å². The van der Waals surface area contributed by atoms with Crippen LogP contribution < -0.4 is 10.1 Å². The van der Waals surface area contributed by atoms with E-state index in [9.17, 15) is 10.1 Å². The summed E-state index contributed by atoms with van der Waals surface area (Å²) < 4.78 is 13.2. The largest absolute Gasteiger partial charge is 0.486 e. The molecule has 3 heterocycles. The molecule has 1 aliphatic carbocycles. The number of allylic oxidation sites excluding steroid dienone is 1. The van der Waals surface area contributed by atoms with Gasteiger partial charge >= 0.3 is 6.09 Å². The number of aromatic nitrogens is 4. The van der Waals surface area contributed by atoms with E-state index in [-0.39, 0.29) is 19.3 Å². The number of nitrogens with zero attached hydrogens (tertiary/aromatic N) is 6. The van der Waals surface area contributed by atoms with Crippen LogP contribution in [0.15, 0.2) is 60.0 Å². The maximum absolute atomic E-state index is 12.1. The van der Waals surface area contributed by atoms with Crippen LogP contribution in [0.2, 0.25) is 0 Å². The summed E-state index contributed by atoms with van der Waals surface area (Å²) in [7, 11) is 2.07. The second-order valence-corrected chi connectivity index (χ2v) is 11.4. The molecule has 0 spiro atoms. The molecule has 1 N–H and O–H groups in total. The van der Waals surface area contributed by atoms with Crippen molar-refractivity contribution in [1.29, 1.82) is 5.26 Å². The third kappa shape index (κ3) is 7.90. The van der Waals surface area contributed by atoms with Gasteiger partial charge in [-0.2, -0.15) is 5.26 Å². The molecule has 1 atom stereocenters. The van der Waals surface area contributed by atoms with Gasteiger partial charge in [0.15, 0.2) is 17.6 Å². The SMILES string of the molecule is CN1CCC(NC(=O)OCC#Cc2ccc(OCc3nnc(SC4C=CCCC4)n3-c3cccnc3)cc2C#N)CC1. The second-order valence-electron chi connectivity index (χ2n) is 10.2. The Hall–Kier alpha value is -4.32. The molecule has 3 aromatic rings. The highest BCUT2D eigenvalue weighted by molar-refractivity contribution is 7.99. The van der Waals surface area contributed by atoms with Gasteiger partial charge in [-0.3, -0.25) is 9.55 Å². The standard InChI is InChI=1S/C31H33N7O3S/c1-37-16-13-25(14-17-37)34-31(39)40-18-6-7-23-11-12-27(19-24(23)20-32)41-22-29-35-36-30(42-28-9-3-2-4-10-28)38(29)26-8-5-15-33-21-26/h3,5,8-9,11-12,15,19,21,25,28H,2,4,10,13-14,16-18,22H2,1H3,(H,34,39). The van der Waals surface area contributed by atoms with Crippen LogP contribution in [0.3, 0.4) is 0 Å². The molecule has 10 nitrogen and oxygen atoms in total. The fraction of sp³-hybridized carbons (Fsp3) is 0.387. The van der Waals surface area contributed by atoms with Gasteiger partial charge in [0.25, 0.3) is 0 Å². The molecule has 1 aliphatic heterocycles. The van der Waals surface area contributed by atoms with Crippen molar-refractivity contribution in [3.05, 3.63) is 71.8 Å². The Morgan fingerprint density at radius 2 is 2.07 bits per heavy atom. The summed E-state index contributed by atoms with van der Waals surface area (Å²) in [6.07, 6.45) is 12.7. The van der Waals surface area contributed by atoms with E-state index in [4.69, 9.17) is 9.47 Å². The zero-order valence-electron chi connectivity index (χ0n) is 23.5. The van der Waals surface area contributed by atoms with E-state index in [2.05, 4.69) is 62.5 Å². The average molecular weight is 584 g/mol. The van der Waals surface area contributed by atoms with Gasteiger partial charge in [0.05, 0.1) is 17.4 Å². The Balaban J connectivity index is 1.20. The molecule has 216 valence electrons. The number of hydrogen-bond donors (Lipinski definition) is 1. The number of thioether (sulfide) groups is 1. The van der Waals surface area contributed by atoms with Gasteiger partial charge in [0.2, 0.25) is 0 Å². The van der Waals surface area contributed by atoms with Crippen molar-refractivity contribution in [1.82, 2.24) is 30.0 Å². The van der Waals surface area contributed by atoms with Gasteiger partial charge in [-0.15, -0.1) is 10.2 Å². The van der Waals surface area contributed by atoms with Crippen LogP contribution in [0.1, 0.15) is 49.1 Å². The van der Waals surface area contributed by atoms with Gasteiger partial charge in [-0.05, 0) is 82.6 Å². The normalized spacial score (nSPS) is 17.1. The van der Waals surface area contributed by atoms with Crippen LogP contribution in [0.4, 0.5) is 4.79 Å². The molecule has 42 heavy (non-hydrogen) atoms. The van der Waals surface area contributed by atoms with Crippen LogP contribution >= 0.6 is 11.8 Å². The van der Waals surface area contributed by atoms with Gasteiger partial charge in [0.1, 0.15) is 18.4 Å². The first kappa shape index (κ1) is 29.2. The van der Waals surface area contributed by atoms with Crippen molar-refractivity contribution in [3.63, 3.8) is 0 Å². The predicted molar refractivity (Wildman–Crippen MR) is 159 cm³/mol. The Morgan fingerprint density at radius 3 is 2.83 bits per heavy atom. The lowest BCUT2D eigenvalue weighted by atomic mass is 10.1. The van der Waals surface area contributed by atoms with E-state index >= 15 is 0 Å². The predicted octanol–water partition coefficient (Wildman–Crippen LogP) is 4.49. The minimum absolute atomic E-state index is 0.0669. The number of piperidine rings is 1. The average Bonchev–Trinajstić information content (AvgIpc) is 3.42. The number of carbonyl (C=O) groups excluding carboxylic acids is 1. The van der Waals surface area contributed by atoms with Crippen molar-refractivity contribution in [2.24, 2.45) is 0 Å². The summed E-state index contributed by atoms with van der Waals surface area (Å²) in [5.74, 6) is 6.88. The molecule has 2 aliphatic rings. The zero-order chi connectivity index (χ0) is 29.1. The third-order valence-electron chi connectivity index (χ3n) is 7.09. The number of pyridine rings is 1. The molecule has 1 unspecified atom stereocenters. The minimum atomic E-state index is -0.473. The van der Waals surface area contributed by atoms with Crippen LogP contribution in [-0.4, -0.2) is 68.8 Å². The van der Waals surface area contributed by atoms with Crippen LogP contribution in [0.25, 0.3) is 5.69 Å². The van der Waals surface area contributed by atoms with Crippen molar-refractivity contribution >= 4 is 17.9 Å². The maximum atomic E-state index is 12.1. The molecular formula is C31H33N7O3S. The lowest BCUT2D eigenvalue weighted by Crippen LogP contribution is -2.43. The number of benzene rings is 1. The number of hydrogen-bond acceptors (Lipinski definition) is 9. The van der Waals surface area contributed by atoms with Crippen LogP contribution in [0.5, 0.6) is 5.75 Å². The smallest absolute Gasteiger partial charge is 0.408 e. The van der Waals surface area contributed by atoms with Crippen LogP contribution in [0, 0.1) is 23.2 Å². The topological polar surface area (TPSA) is 118 Å². The van der Waals surface area contributed by atoms with Crippen molar-refractivity contribution in [2.75, 3.05) is 26.7 Å². The number of likely N-dealkylation sites (tertiary alicyclic amines) is 1. The van der Waals surface area contributed by atoms with E-state index < -0.39 is 6.09 Å². The first-order valence-electron chi connectivity index (χ1n) is 14.0. The molecule has 0 saturated carbocycles. The number of ether oxygens (including phenoxy) is 2. The van der Waals surface area contributed by atoms with Crippen molar-refractivity contribution < 1.29 is 14.3 Å². The summed E-state index contributed by atoms with van der Waals surface area (Å²) in [5.41, 5.74) is 1.75. The Labute approximate surface area is 250 Å². The summed E-state index contributed by atoms with van der Waals surface area (Å²) in [6.45, 7) is 1.98. The molecule has 11 heteroatoms. The van der Waals surface area contributed by atoms with Crippen molar-refractivity contribution in [2.45, 2.75) is 55.2 Å². The summed E-state index contributed by atoms with van der Waals surface area (Å²) in [5, 5.41) is 22.6. The summed E-state index contributed by atoms with van der Waals surface area (Å²) >= 11 is 1.68. The highest BCUT2D eigenvalue weighted by Crippen LogP contribution is 2.31. The zero-order valence-corrected chi connectivity index (χ0v) is 24.3. The molecule has 1 fully saturated rings. The van der Waals surface area contributed by atoms with Gasteiger partial charge < -0.3 is 19.7 Å². The minimum Gasteiger partial charge on any atom is -0.486 e. The number of amides is 1. The van der Waals surface area contributed by atoms with Gasteiger partial charge in [-0.1, -0.05) is 35.8 Å². The highest BCUT2D eigenvalue weighted by Gasteiger charge is 2.20. The number of rotatable bonds is 8. The first-order valence-corrected chi connectivity index (χ1v) is 14.9. The van der Waals surface area contributed by atoms with E-state index in [1.54, 1.807) is 42.4 Å². The number of nitrogens with one attached hydrogen (secondary N) is 1. The van der Waals surface area contributed by atoms with E-state index in [0.29, 0.717) is 28.0 Å². The third-order valence-corrected chi connectivity index (χ3v) is 8.26. The quantitative estimate of drug-likeness (QED) is 0.302. The first-order chi connectivity index (χ1) is 20.6. The number of nitriles is 1. The van der Waals surface area contributed by atoms with E-state index in [1.807, 2.05) is 16.7 Å². The molecule has 5 rings (SSSR count). The van der Waals surface area contributed by atoms with E-state index in [0.717, 1.165) is 56.0 Å². The lowest BCUT2D eigenvalue weighted by Gasteiger charge is -2.28. The highest BCUT2D eigenvalue weighted by atomic mass is 32.2. The number of carbonyl (C=O) groups is 1. The lowest BCUT2D eigenvalue weighted by molar-refractivity contribution is 0.147. The van der Waals surface area contributed by atoms with E-state index in [1.165, 1.54) is 0 Å². The monoisotopic (exact) mass is 583 g/mol.